The summed E-state index contributed by atoms with van der Waals surface area (Å²) in [7, 11) is 0. The highest BCUT2D eigenvalue weighted by atomic mass is 32.1. The summed E-state index contributed by atoms with van der Waals surface area (Å²) in [6.07, 6.45) is 3.42. The Morgan fingerprint density at radius 1 is 1.19 bits per heavy atom. The predicted molar refractivity (Wildman–Crippen MR) is 108 cm³/mol. The van der Waals surface area contributed by atoms with Crippen molar-refractivity contribution >= 4 is 34.5 Å². The smallest absolute Gasteiger partial charge is 0.264 e. The maximum atomic E-state index is 12.6. The van der Waals surface area contributed by atoms with Crippen molar-refractivity contribution in [2.24, 2.45) is 0 Å². The van der Waals surface area contributed by atoms with Gasteiger partial charge in [-0.15, -0.1) is 22.7 Å². The van der Waals surface area contributed by atoms with Crippen LogP contribution in [0.4, 0.5) is 0 Å². The molecule has 3 aromatic rings. The number of hydrogen-bond donors (Lipinski definition) is 1. The van der Waals surface area contributed by atoms with E-state index in [0.29, 0.717) is 24.4 Å². The largest absolute Gasteiger partial charge is 0.350 e. The molecular formula is C20H19N3O2S2. The Bertz CT molecular complexity index is 905. The SMILES string of the molecule is O=C(NCc1ccc(-c2cncs2)cc1)C1CCCN1C(=O)c1cccs1. The Balaban J connectivity index is 1.36. The van der Waals surface area contributed by atoms with E-state index in [2.05, 4.69) is 10.3 Å². The molecule has 2 amide bonds. The van der Waals surface area contributed by atoms with Gasteiger partial charge in [-0.25, -0.2) is 0 Å². The van der Waals surface area contributed by atoms with Crippen LogP contribution >= 0.6 is 22.7 Å². The lowest BCUT2D eigenvalue weighted by Gasteiger charge is -2.23. The lowest BCUT2D eigenvalue weighted by Crippen LogP contribution is -2.45. The van der Waals surface area contributed by atoms with E-state index in [1.807, 2.05) is 53.5 Å². The highest BCUT2D eigenvalue weighted by Gasteiger charge is 2.34. The second-order valence-electron chi connectivity index (χ2n) is 6.41. The molecule has 4 rings (SSSR count). The van der Waals surface area contributed by atoms with Gasteiger partial charge in [0.1, 0.15) is 6.04 Å². The number of carbonyl (C=O) groups is 2. The highest BCUT2D eigenvalue weighted by Crippen LogP contribution is 2.24. The summed E-state index contributed by atoms with van der Waals surface area (Å²) >= 11 is 3.02. The number of nitrogens with zero attached hydrogens (tertiary/aromatic N) is 2. The molecule has 2 aromatic heterocycles. The molecule has 1 unspecified atom stereocenters. The Hall–Kier alpha value is -2.51. The molecule has 1 N–H and O–H groups in total. The molecule has 1 saturated heterocycles. The number of hydrogen-bond acceptors (Lipinski definition) is 5. The summed E-state index contributed by atoms with van der Waals surface area (Å²) in [5, 5.41) is 4.87. The number of thiophene rings is 1. The molecule has 5 nitrogen and oxygen atoms in total. The number of aromatic nitrogens is 1. The van der Waals surface area contributed by atoms with Gasteiger partial charge in [0.25, 0.3) is 5.91 Å². The third-order valence-corrected chi connectivity index (χ3v) is 6.37. The number of rotatable bonds is 5. The molecule has 3 heterocycles. The van der Waals surface area contributed by atoms with E-state index in [1.165, 1.54) is 11.3 Å². The van der Waals surface area contributed by atoms with E-state index in [9.17, 15) is 9.59 Å². The van der Waals surface area contributed by atoms with Crippen molar-refractivity contribution < 1.29 is 9.59 Å². The summed E-state index contributed by atoms with van der Waals surface area (Å²) < 4.78 is 0. The first-order chi connectivity index (χ1) is 13.2. The van der Waals surface area contributed by atoms with Crippen LogP contribution in [0.2, 0.25) is 0 Å². The lowest BCUT2D eigenvalue weighted by atomic mass is 10.1. The summed E-state index contributed by atoms with van der Waals surface area (Å²) in [4.78, 5) is 32.9. The minimum absolute atomic E-state index is 0.0449. The zero-order chi connectivity index (χ0) is 18.6. The Kier molecular flexibility index (Phi) is 5.31. The molecule has 1 atom stereocenters. The fourth-order valence-corrected chi connectivity index (χ4v) is 4.58. The molecule has 0 aliphatic carbocycles. The summed E-state index contributed by atoms with van der Waals surface area (Å²) in [6, 6.07) is 11.4. The molecule has 1 aliphatic heterocycles. The number of amides is 2. The van der Waals surface area contributed by atoms with Crippen molar-refractivity contribution in [2.75, 3.05) is 6.54 Å². The summed E-state index contributed by atoms with van der Waals surface area (Å²) in [5.41, 5.74) is 3.97. The first-order valence-electron chi connectivity index (χ1n) is 8.82. The molecule has 138 valence electrons. The normalized spacial score (nSPS) is 16.4. The van der Waals surface area contributed by atoms with Crippen LogP contribution in [0.15, 0.2) is 53.5 Å². The molecule has 0 saturated carbocycles. The van der Waals surface area contributed by atoms with Crippen molar-refractivity contribution in [3.63, 3.8) is 0 Å². The van der Waals surface area contributed by atoms with Gasteiger partial charge in [-0.3, -0.25) is 14.6 Å². The number of carbonyl (C=O) groups excluding carboxylic acids is 2. The van der Waals surface area contributed by atoms with Crippen LogP contribution in [0.3, 0.4) is 0 Å². The van der Waals surface area contributed by atoms with Gasteiger partial charge in [-0.2, -0.15) is 0 Å². The van der Waals surface area contributed by atoms with Gasteiger partial charge in [0.05, 0.1) is 15.3 Å². The second-order valence-corrected chi connectivity index (χ2v) is 8.25. The minimum atomic E-state index is -0.379. The molecule has 1 aliphatic rings. The third kappa shape index (κ3) is 3.94. The van der Waals surface area contributed by atoms with Crippen molar-refractivity contribution in [3.05, 3.63) is 63.9 Å². The lowest BCUT2D eigenvalue weighted by molar-refractivity contribution is -0.125. The van der Waals surface area contributed by atoms with Crippen LogP contribution in [-0.4, -0.2) is 34.3 Å². The minimum Gasteiger partial charge on any atom is -0.350 e. The molecule has 27 heavy (non-hydrogen) atoms. The maximum absolute atomic E-state index is 12.6. The zero-order valence-electron chi connectivity index (χ0n) is 14.6. The Labute approximate surface area is 165 Å². The summed E-state index contributed by atoms with van der Waals surface area (Å²) in [6.45, 7) is 1.09. The first kappa shape index (κ1) is 17.9. The first-order valence-corrected chi connectivity index (χ1v) is 10.6. The van der Waals surface area contributed by atoms with Crippen LogP contribution in [0.5, 0.6) is 0 Å². The molecular weight excluding hydrogens is 378 g/mol. The topological polar surface area (TPSA) is 62.3 Å². The number of likely N-dealkylation sites (tertiary alicyclic amines) is 1. The van der Waals surface area contributed by atoms with Gasteiger partial charge in [0.2, 0.25) is 5.91 Å². The molecule has 1 fully saturated rings. The van der Waals surface area contributed by atoms with Gasteiger partial charge < -0.3 is 10.2 Å². The van der Waals surface area contributed by atoms with Gasteiger partial charge in [-0.1, -0.05) is 30.3 Å². The van der Waals surface area contributed by atoms with E-state index >= 15 is 0 Å². The van der Waals surface area contributed by atoms with Crippen LogP contribution in [0.1, 0.15) is 28.1 Å². The van der Waals surface area contributed by atoms with Crippen LogP contribution in [0, 0.1) is 0 Å². The van der Waals surface area contributed by atoms with Crippen molar-refractivity contribution in [3.8, 4) is 10.4 Å². The molecule has 0 radical (unpaired) electrons. The monoisotopic (exact) mass is 397 g/mol. The molecule has 0 spiro atoms. The average molecular weight is 398 g/mol. The second kappa shape index (κ2) is 8.02. The molecule has 7 heteroatoms. The van der Waals surface area contributed by atoms with Crippen molar-refractivity contribution in [1.29, 1.82) is 0 Å². The van der Waals surface area contributed by atoms with Crippen LogP contribution in [0.25, 0.3) is 10.4 Å². The third-order valence-electron chi connectivity index (χ3n) is 4.69. The van der Waals surface area contributed by atoms with E-state index in [1.54, 1.807) is 16.2 Å². The van der Waals surface area contributed by atoms with E-state index in [4.69, 9.17) is 0 Å². The van der Waals surface area contributed by atoms with E-state index in [0.717, 1.165) is 22.4 Å². The standard InChI is InChI=1S/C20H19N3O2S2/c24-19(16-3-1-9-23(16)20(25)17-4-2-10-26-17)22-11-14-5-7-15(8-6-14)18-12-21-13-27-18/h2,4-8,10,12-13,16H,1,3,9,11H2,(H,22,24). The zero-order valence-corrected chi connectivity index (χ0v) is 16.3. The number of nitrogens with one attached hydrogen (secondary N) is 1. The number of thiazole rings is 1. The Morgan fingerprint density at radius 3 is 2.74 bits per heavy atom. The van der Waals surface area contributed by atoms with Gasteiger partial charge in [0.15, 0.2) is 0 Å². The quantitative estimate of drug-likeness (QED) is 0.712. The van der Waals surface area contributed by atoms with Crippen molar-refractivity contribution in [2.45, 2.75) is 25.4 Å². The van der Waals surface area contributed by atoms with Gasteiger partial charge in [0, 0.05) is 19.3 Å². The van der Waals surface area contributed by atoms with Crippen LogP contribution < -0.4 is 5.32 Å². The fourth-order valence-electron chi connectivity index (χ4n) is 3.28. The Morgan fingerprint density at radius 2 is 2.04 bits per heavy atom. The van der Waals surface area contributed by atoms with E-state index in [-0.39, 0.29) is 17.9 Å². The fraction of sp³-hybridized carbons (Fsp3) is 0.250. The van der Waals surface area contributed by atoms with Gasteiger partial charge in [-0.05, 0) is 35.4 Å². The molecule has 1 aromatic carbocycles. The van der Waals surface area contributed by atoms with Crippen LogP contribution in [-0.2, 0) is 11.3 Å². The van der Waals surface area contributed by atoms with Gasteiger partial charge >= 0.3 is 0 Å². The number of benzene rings is 1. The maximum Gasteiger partial charge on any atom is 0.264 e. The average Bonchev–Trinajstić information content (AvgIpc) is 3.47. The van der Waals surface area contributed by atoms with E-state index < -0.39 is 0 Å². The predicted octanol–water partition coefficient (Wildman–Crippen LogP) is 3.79. The van der Waals surface area contributed by atoms with Crippen molar-refractivity contribution in [1.82, 2.24) is 15.2 Å². The summed E-state index contributed by atoms with van der Waals surface area (Å²) in [5.74, 6) is -0.125. The highest BCUT2D eigenvalue weighted by molar-refractivity contribution is 7.13. The molecule has 0 bridgehead atoms.